The van der Waals surface area contributed by atoms with Crippen molar-refractivity contribution in [2.45, 2.75) is 13.3 Å². The van der Waals surface area contributed by atoms with Gasteiger partial charge in [-0.2, -0.15) is 0 Å². The van der Waals surface area contributed by atoms with Crippen LogP contribution in [0.2, 0.25) is 5.02 Å². The van der Waals surface area contributed by atoms with Crippen molar-refractivity contribution >= 4 is 22.5 Å². The van der Waals surface area contributed by atoms with E-state index in [1.165, 1.54) is 0 Å². The molecule has 0 saturated heterocycles. The number of aryl methyl sites for hydroxylation is 1. The molecule has 2 aromatic rings. The Labute approximate surface area is 99.9 Å². The molecule has 1 aromatic carbocycles. The Morgan fingerprint density at radius 3 is 2.88 bits per heavy atom. The van der Waals surface area contributed by atoms with Crippen molar-refractivity contribution in [2.75, 3.05) is 13.6 Å². The van der Waals surface area contributed by atoms with Gasteiger partial charge in [-0.05, 0) is 32.2 Å². The lowest BCUT2D eigenvalue weighted by molar-refractivity contribution is 0.775. The van der Waals surface area contributed by atoms with Crippen molar-refractivity contribution in [1.82, 2.24) is 15.3 Å². The number of aromatic nitrogens is 2. The molecule has 0 unspecified atom stereocenters. The summed E-state index contributed by atoms with van der Waals surface area (Å²) in [7, 11) is 1.94. The average Bonchev–Trinajstić information content (AvgIpc) is 2.25. The van der Waals surface area contributed by atoms with Gasteiger partial charge in [0.25, 0.3) is 0 Å². The number of benzene rings is 1. The molecule has 0 aliphatic rings. The maximum atomic E-state index is 5.95. The number of halogens is 1. The summed E-state index contributed by atoms with van der Waals surface area (Å²) in [5.41, 5.74) is 2.00. The van der Waals surface area contributed by atoms with Gasteiger partial charge in [-0.25, -0.2) is 9.97 Å². The van der Waals surface area contributed by atoms with E-state index >= 15 is 0 Å². The van der Waals surface area contributed by atoms with Crippen LogP contribution in [0.15, 0.2) is 18.2 Å². The summed E-state index contributed by atoms with van der Waals surface area (Å²) in [5, 5.41) is 4.93. The third kappa shape index (κ3) is 2.31. The van der Waals surface area contributed by atoms with Gasteiger partial charge in [0.1, 0.15) is 5.82 Å². The largest absolute Gasteiger partial charge is 0.319 e. The molecule has 0 aliphatic carbocycles. The normalized spacial score (nSPS) is 10.9. The lowest BCUT2D eigenvalue weighted by atomic mass is 10.1. The molecule has 0 fully saturated rings. The molecule has 3 nitrogen and oxygen atoms in total. The second-order valence-corrected chi connectivity index (χ2v) is 4.17. The molecular formula is C12H14ClN3. The highest BCUT2D eigenvalue weighted by atomic mass is 35.5. The van der Waals surface area contributed by atoms with Gasteiger partial charge in [-0.3, -0.25) is 0 Å². The second-order valence-electron chi connectivity index (χ2n) is 3.73. The lowest BCUT2D eigenvalue weighted by Crippen LogP contribution is -2.12. The molecule has 2 rings (SSSR count). The van der Waals surface area contributed by atoms with E-state index in [0.29, 0.717) is 5.02 Å². The van der Waals surface area contributed by atoms with Gasteiger partial charge < -0.3 is 5.32 Å². The maximum Gasteiger partial charge on any atom is 0.126 e. The Morgan fingerprint density at radius 1 is 1.31 bits per heavy atom. The summed E-state index contributed by atoms with van der Waals surface area (Å²) in [4.78, 5) is 8.86. The SMILES string of the molecule is CNCCc1nc(C)nc2cc(Cl)ccc12. The second kappa shape index (κ2) is 4.76. The van der Waals surface area contributed by atoms with Crippen LogP contribution in [-0.2, 0) is 6.42 Å². The molecular weight excluding hydrogens is 222 g/mol. The van der Waals surface area contributed by atoms with Crippen LogP contribution in [0.25, 0.3) is 10.9 Å². The first-order valence-electron chi connectivity index (χ1n) is 5.28. The summed E-state index contributed by atoms with van der Waals surface area (Å²) >= 11 is 5.95. The van der Waals surface area contributed by atoms with Crippen molar-refractivity contribution in [3.63, 3.8) is 0 Å². The van der Waals surface area contributed by atoms with E-state index in [-0.39, 0.29) is 0 Å². The van der Waals surface area contributed by atoms with Crippen LogP contribution in [0.4, 0.5) is 0 Å². The number of likely N-dealkylation sites (N-methyl/N-ethyl adjacent to an activating group) is 1. The smallest absolute Gasteiger partial charge is 0.126 e. The fraction of sp³-hybridized carbons (Fsp3) is 0.333. The van der Waals surface area contributed by atoms with Crippen LogP contribution in [0.5, 0.6) is 0 Å². The van der Waals surface area contributed by atoms with Gasteiger partial charge in [-0.1, -0.05) is 11.6 Å². The van der Waals surface area contributed by atoms with E-state index < -0.39 is 0 Å². The maximum absolute atomic E-state index is 5.95. The number of hydrogen-bond acceptors (Lipinski definition) is 3. The van der Waals surface area contributed by atoms with E-state index in [0.717, 1.165) is 35.4 Å². The predicted octanol–water partition coefficient (Wildman–Crippen LogP) is 2.35. The Hall–Kier alpha value is -1.19. The highest BCUT2D eigenvalue weighted by Gasteiger charge is 2.05. The van der Waals surface area contributed by atoms with Crippen molar-refractivity contribution in [3.05, 3.63) is 34.7 Å². The van der Waals surface area contributed by atoms with Crippen LogP contribution in [0.3, 0.4) is 0 Å². The van der Waals surface area contributed by atoms with E-state index in [2.05, 4.69) is 15.3 Å². The first-order valence-corrected chi connectivity index (χ1v) is 5.66. The molecule has 1 heterocycles. The molecule has 84 valence electrons. The number of fused-ring (bicyclic) bond motifs is 1. The van der Waals surface area contributed by atoms with E-state index in [4.69, 9.17) is 11.6 Å². The van der Waals surface area contributed by atoms with Crippen molar-refractivity contribution in [1.29, 1.82) is 0 Å². The van der Waals surface area contributed by atoms with Gasteiger partial charge >= 0.3 is 0 Å². The van der Waals surface area contributed by atoms with Gasteiger partial charge in [0.15, 0.2) is 0 Å². The summed E-state index contributed by atoms with van der Waals surface area (Å²) in [6.07, 6.45) is 0.901. The number of rotatable bonds is 3. The molecule has 0 amide bonds. The molecule has 0 atom stereocenters. The highest BCUT2D eigenvalue weighted by molar-refractivity contribution is 6.31. The molecule has 1 N–H and O–H groups in total. The van der Waals surface area contributed by atoms with Crippen molar-refractivity contribution in [3.8, 4) is 0 Å². The Kier molecular flexibility index (Phi) is 3.36. The minimum Gasteiger partial charge on any atom is -0.319 e. The molecule has 4 heteroatoms. The Balaban J connectivity index is 2.54. The third-order valence-electron chi connectivity index (χ3n) is 2.46. The van der Waals surface area contributed by atoms with Gasteiger partial charge in [0.2, 0.25) is 0 Å². The minimum atomic E-state index is 0.713. The topological polar surface area (TPSA) is 37.8 Å². The van der Waals surface area contributed by atoms with Crippen molar-refractivity contribution < 1.29 is 0 Å². The van der Waals surface area contributed by atoms with Crippen LogP contribution in [0, 0.1) is 6.92 Å². The van der Waals surface area contributed by atoms with Gasteiger partial charge in [0.05, 0.1) is 11.2 Å². The third-order valence-corrected chi connectivity index (χ3v) is 2.70. The summed E-state index contributed by atoms with van der Waals surface area (Å²) in [6, 6.07) is 5.75. The van der Waals surface area contributed by atoms with Gasteiger partial charge in [0, 0.05) is 23.4 Å². The molecule has 0 radical (unpaired) electrons. The zero-order valence-electron chi connectivity index (χ0n) is 9.42. The number of hydrogen-bond donors (Lipinski definition) is 1. The van der Waals surface area contributed by atoms with Crippen LogP contribution in [0.1, 0.15) is 11.5 Å². The number of nitrogens with one attached hydrogen (secondary N) is 1. The fourth-order valence-electron chi connectivity index (χ4n) is 1.73. The van der Waals surface area contributed by atoms with Crippen LogP contribution >= 0.6 is 11.6 Å². The highest BCUT2D eigenvalue weighted by Crippen LogP contribution is 2.20. The zero-order valence-corrected chi connectivity index (χ0v) is 10.2. The minimum absolute atomic E-state index is 0.713. The van der Waals surface area contributed by atoms with Crippen LogP contribution in [-0.4, -0.2) is 23.6 Å². The molecule has 0 saturated carbocycles. The summed E-state index contributed by atoms with van der Waals surface area (Å²) in [5.74, 6) is 0.792. The van der Waals surface area contributed by atoms with Crippen molar-refractivity contribution in [2.24, 2.45) is 0 Å². The average molecular weight is 236 g/mol. The Bertz CT molecular complexity index is 506. The predicted molar refractivity (Wildman–Crippen MR) is 66.9 cm³/mol. The van der Waals surface area contributed by atoms with E-state index in [1.54, 1.807) is 0 Å². The first-order chi connectivity index (χ1) is 7.70. The molecule has 1 aromatic heterocycles. The quantitative estimate of drug-likeness (QED) is 0.888. The standard InChI is InChI=1S/C12H14ClN3/c1-8-15-11(5-6-14-2)10-4-3-9(13)7-12(10)16-8/h3-4,7,14H,5-6H2,1-2H3. The molecule has 0 aliphatic heterocycles. The Morgan fingerprint density at radius 2 is 2.12 bits per heavy atom. The fourth-order valence-corrected chi connectivity index (χ4v) is 1.90. The number of nitrogens with zero attached hydrogens (tertiary/aromatic N) is 2. The van der Waals surface area contributed by atoms with Crippen LogP contribution < -0.4 is 5.32 Å². The first kappa shape index (κ1) is 11.3. The van der Waals surface area contributed by atoms with E-state index in [9.17, 15) is 0 Å². The van der Waals surface area contributed by atoms with Gasteiger partial charge in [-0.15, -0.1) is 0 Å². The zero-order chi connectivity index (χ0) is 11.5. The summed E-state index contributed by atoms with van der Waals surface area (Å²) < 4.78 is 0. The van der Waals surface area contributed by atoms with E-state index in [1.807, 2.05) is 32.2 Å². The summed E-state index contributed by atoms with van der Waals surface area (Å²) in [6.45, 7) is 2.82. The molecule has 0 bridgehead atoms. The molecule has 0 spiro atoms. The molecule has 16 heavy (non-hydrogen) atoms. The monoisotopic (exact) mass is 235 g/mol. The lowest BCUT2D eigenvalue weighted by Gasteiger charge is -2.06.